The molecule has 57 heavy (non-hydrogen) atoms. The number of benzene rings is 8. The van der Waals surface area contributed by atoms with Crippen LogP contribution in [0, 0.1) is 5.92 Å². The Kier molecular flexibility index (Phi) is 8.19. The number of fused-ring (bicyclic) bond motifs is 6. The van der Waals surface area contributed by atoms with Crippen LogP contribution in [0.4, 0.5) is 17.1 Å². The standard InChI is InChI=1S/C55H39NS/c1-4-16-38(17-5-1)40-30-34-43(35-31-40)56(44-36-32-41(33-37-44)39-18-6-2-7-19-39)50-27-15-29-52-54(50)53-49(26-14-28-51(53)57-52)55(42-20-8-3-9-21-42)47-24-12-10-22-45(47)46-23-11-13-25-48(46)55/h1-37,49,53H. The lowest BCUT2D eigenvalue weighted by molar-refractivity contribution is 0.414. The molecule has 0 amide bonds. The molecule has 0 aromatic heterocycles. The van der Waals surface area contributed by atoms with Gasteiger partial charge in [0.1, 0.15) is 0 Å². The first-order valence-corrected chi connectivity index (χ1v) is 20.7. The largest absolute Gasteiger partial charge is 0.310 e. The highest BCUT2D eigenvalue weighted by Gasteiger charge is 2.54. The fourth-order valence-corrected chi connectivity index (χ4v) is 11.1. The van der Waals surface area contributed by atoms with E-state index in [1.165, 1.54) is 71.1 Å². The van der Waals surface area contributed by atoms with Gasteiger partial charge in [-0.1, -0.05) is 200 Å². The van der Waals surface area contributed by atoms with Crippen LogP contribution in [-0.4, -0.2) is 0 Å². The summed E-state index contributed by atoms with van der Waals surface area (Å²) in [5, 5.41) is 0. The summed E-state index contributed by atoms with van der Waals surface area (Å²) in [6, 6.07) is 76.0. The summed E-state index contributed by atoms with van der Waals surface area (Å²) in [6.07, 6.45) is 7.21. The van der Waals surface area contributed by atoms with Gasteiger partial charge in [-0.15, -0.1) is 0 Å². The molecule has 0 N–H and O–H groups in total. The van der Waals surface area contributed by atoms with Crippen molar-refractivity contribution in [3.05, 3.63) is 252 Å². The van der Waals surface area contributed by atoms with Crippen molar-refractivity contribution < 1.29 is 0 Å². The van der Waals surface area contributed by atoms with E-state index in [-0.39, 0.29) is 11.8 Å². The number of allylic oxidation sites excluding steroid dienone is 4. The van der Waals surface area contributed by atoms with Gasteiger partial charge in [-0.25, -0.2) is 0 Å². The third-order valence-corrected chi connectivity index (χ3v) is 13.5. The zero-order chi connectivity index (χ0) is 37.8. The fourth-order valence-electron chi connectivity index (χ4n) is 9.86. The van der Waals surface area contributed by atoms with Gasteiger partial charge in [-0.2, -0.15) is 0 Å². The maximum atomic E-state index is 2.51. The molecule has 1 nitrogen and oxygen atoms in total. The molecule has 11 rings (SSSR count). The Morgan fingerprint density at radius 3 is 1.49 bits per heavy atom. The third kappa shape index (κ3) is 5.39. The van der Waals surface area contributed by atoms with Crippen molar-refractivity contribution in [1.29, 1.82) is 0 Å². The normalized spacial score (nSPS) is 16.9. The SMILES string of the molecule is C1=CC(C2(c3ccccc3)c3ccccc3-c3ccccc32)C2C(=C1)Sc1cccc(N(c3ccc(-c4ccccc4)cc3)c3ccc(-c4ccccc4)cc3)c12. The molecule has 0 saturated carbocycles. The molecule has 270 valence electrons. The van der Waals surface area contributed by atoms with Crippen molar-refractivity contribution in [2.45, 2.75) is 16.2 Å². The minimum absolute atomic E-state index is 0.113. The highest BCUT2D eigenvalue weighted by atomic mass is 32.2. The van der Waals surface area contributed by atoms with Crippen LogP contribution in [0.5, 0.6) is 0 Å². The molecule has 2 unspecified atom stereocenters. The molecular weight excluding hydrogens is 707 g/mol. The van der Waals surface area contributed by atoms with E-state index >= 15 is 0 Å². The lowest BCUT2D eigenvalue weighted by atomic mass is 9.58. The first-order valence-electron chi connectivity index (χ1n) is 19.8. The van der Waals surface area contributed by atoms with E-state index in [1.807, 2.05) is 11.8 Å². The molecular formula is C55H39NS. The summed E-state index contributed by atoms with van der Waals surface area (Å²) < 4.78 is 0. The first-order chi connectivity index (χ1) is 28.3. The summed E-state index contributed by atoms with van der Waals surface area (Å²) in [6.45, 7) is 0. The van der Waals surface area contributed by atoms with Crippen molar-refractivity contribution in [1.82, 2.24) is 0 Å². The molecule has 1 aliphatic heterocycles. The van der Waals surface area contributed by atoms with E-state index in [9.17, 15) is 0 Å². The van der Waals surface area contributed by atoms with Crippen LogP contribution in [0.3, 0.4) is 0 Å². The van der Waals surface area contributed by atoms with Gasteiger partial charge >= 0.3 is 0 Å². The number of hydrogen-bond acceptors (Lipinski definition) is 2. The molecule has 2 atom stereocenters. The molecule has 2 aliphatic carbocycles. The molecule has 0 spiro atoms. The lowest BCUT2D eigenvalue weighted by Gasteiger charge is -2.44. The van der Waals surface area contributed by atoms with E-state index in [1.54, 1.807) is 0 Å². The molecule has 0 saturated heterocycles. The predicted octanol–water partition coefficient (Wildman–Crippen LogP) is 14.8. The third-order valence-electron chi connectivity index (χ3n) is 12.3. The van der Waals surface area contributed by atoms with Gasteiger partial charge < -0.3 is 4.90 Å². The Bertz CT molecular complexity index is 2670. The maximum Gasteiger partial charge on any atom is 0.0535 e. The molecule has 8 aromatic rings. The second-order valence-corrected chi connectivity index (χ2v) is 16.3. The van der Waals surface area contributed by atoms with Crippen LogP contribution in [0.25, 0.3) is 33.4 Å². The van der Waals surface area contributed by atoms with Crippen molar-refractivity contribution in [2.75, 3.05) is 4.90 Å². The molecule has 0 fully saturated rings. The summed E-state index contributed by atoms with van der Waals surface area (Å²) in [4.78, 5) is 5.22. The van der Waals surface area contributed by atoms with E-state index < -0.39 is 5.41 Å². The fraction of sp³-hybridized carbons (Fsp3) is 0.0545. The number of hydrogen-bond donors (Lipinski definition) is 0. The van der Waals surface area contributed by atoms with Crippen molar-refractivity contribution >= 4 is 28.8 Å². The van der Waals surface area contributed by atoms with Gasteiger partial charge in [0.2, 0.25) is 0 Å². The quantitative estimate of drug-likeness (QED) is 0.160. The van der Waals surface area contributed by atoms with Gasteiger partial charge in [-0.05, 0) is 96.9 Å². The van der Waals surface area contributed by atoms with Crippen molar-refractivity contribution in [3.63, 3.8) is 0 Å². The van der Waals surface area contributed by atoms with Crippen molar-refractivity contribution in [2.24, 2.45) is 5.92 Å². The summed E-state index contributed by atoms with van der Waals surface area (Å²) in [7, 11) is 0. The smallest absolute Gasteiger partial charge is 0.0535 e. The first kappa shape index (κ1) is 33.7. The van der Waals surface area contributed by atoms with Gasteiger partial charge in [0, 0.05) is 28.1 Å². The Morgan fingerprint density at radius 1 is 0.439 bits per heavy atom. The Labute approximate surface area is 339 Å². The Balaban J connectivity index is 1.12. The zero-order valence-corrected chi connectivity index (χ0v) is 32.2. The van der Waals surface area contributed by atoms with E-state index in [0.717, 1.165) is 11.4 Å². The lowest BCUT2D eigenvalue weighted by Crippen LogP contribution is -2.39. The summed E-state index contributed by atoms with van der Waals surface area (Å²) in [5.74, 6) is 0.239. The minimum atomic E-state index is -0.399. The molecule has 3 aliphatic rings. The van der Waals surface area contributed by atoms with Crippen molar-refractivity contribution in [3.8, 4) is 33.4 Å². The summed E-state index contributed by atoms with van der Waals surface area (Å²) >= 11 is 1.94. The van der Waals surface area contributed by atoms with E-state index in [0.29, 0.717) is 0 Å². The number of anilines is 3. The molecule has 8 aromatic carbocycles. The molecule has 1 heterocycles. The van der Waals surface area contributed by atoms with Crippen LogP contribution in [0.1, 0.15) is 28.2 Å². The highest BCUT2D eigenvalue weighted by molar-refractivity contribution is 8.03. The number of rotatable bonds is 7. The van der Waals surface area contributed by atoms with Crippen LogP contribution in [-0.2, 0) is 5.41 Å². The van der Waals surface area contributed by atoms with E-state index in [4.69, 9.17) is 0 Å². The monoisotopic (exact) mass is 745 g/mol. The number of nitrogens with zero attached hydrogens (tertiary/aromatic N) is 1. The van der Waals surface area contributed by atoms with Crippen LogP contribution < -0.4 is 4.90 Å². The zero-order valence-electron chi connectivity index (χ0n) is 31.4. The second kappa shape index (κ2) is 13.8. The topological polar surface area (TPSA) is 3.24 Å². The Morgan fingerprint density at radius 2 is 0.930 bits per heavy atom. The average molecular weight is 746 g/mol. The van der Waals surface area contributed by atoms with Crippen LogP contribution in [0.15, 0.2) is 234 Å². The van der Waals surface area contributed by atoms with Gasteiger partial charge in [0.05, 0.1) is 11.1 Å². The highest BCUT2D eigenvalue weighted by Crippen LogP contribution is 2.66. The van der Waals surface area contributed by atoms with Crippen LogP contribution >= 0.6 is 11.8 Å². The molecule has 0 radical (unpaired) electrons. The van der Waals surface area contributed by atoms with Gasteiger partial charge in [0.25, 0.3) is 0 Å². The second-order valence-electron chi connectivity index (χ2n) is 15.2. The summed E-state index contributed by atoms with van der Waals surface area (Å²) in [5.41, 5.74) is 16.1. The molecule has 2 heteroatoms. The van der Waals surface area contributed by atoms with E-state index in [2.05, 4.69) is 229 Å². The van der Waals surface area contributed by atoms with Gasteiger partial charge in [0.15, 0.2) is 0 Å². The minimum Gasteiger partial charge on any atom is -0.310 e. The average Bonchev–Trinajstić information content (AvgIpc) is 3.83. The number of thioether (sulfide) groups is 1. The predicted molar refractivity (Wildman–Crippen MR) is 240 cm³/mol. The molecule has 0 bridgehead atoms. The van der Waals surface area contributed by atoms with Crippen LogP contribution in [0.2, 0.25) is 0 Å². The Hall–Kier alpha value is -6.61. The maximum absolute atomic E-state index is 2.51. The van der Waals surface area contributed by atoms with Gasteiger partial charge in [-0.3, -0.25) is 0 Å².